The molecule has 2 aromatic carbocycles. The van der Waals surface area contributed by atoms with Crippen molar-refractivity contribution in [2.45, 2.75) is 0 Å². The number of anilines is 2. The molecule has 3 aromatic rings. The Morgan fingerprint density at radius 2 is 1.80 bits per heavy atom. The lowest BCUT2D eigenvalue weighted by atomic mass is 10.3. The average Bonchev–Trinajstić information content (AvgIpc) is 2.91. The van der Waals surface area contributed by atoms with Gasteiger partial charge in [-0.05, 0) is 24.3 Å². The molecular formula is C15H11F2N3. The van der Waals surface area contributed by atoms with Crippen LogP contribution in [0.4, 0.5) is 20.4 Å². The minimum Gasteiger partial charge on any atom is -0.325 e. The van der Waals surface area contributed by atoms with Crippen LogP contribution in [0.3, 0.4) is 0 Å². The highest BCUT2D eigenvalue weighted by molar-refractivity contribution is 5.55. The van der Waals surface area contributed by atoms with Crippen LogP contribution in [0.2, 0.25) is 0 Å². The van der Waals surface area contributed by atoms with E-state index in [-0.39, 0.29) is 5.69 Å². The number of nitrogens with zero attached hydrogens (tertiary/aromatic N) is 2. The zero-order valence-electron chi connectivity index (χ0n) is 10.4. The molecule has 1 aromatic heterocycles. The third kappa shape index (κ3) is 2.38. The normalized spacial score (nSPS) is 10.5. The number of aromatic nitrogens is 2. The number of imidazole rings is 1. The summed E-state index contributed by atoms with van der Waals surface area (Å²) < 4.78 is 28.5. The molecule has 1 heterocycles. The Morgan fingerprint density at radius 1 is 1.00 bits per heavy atom. The van der Waals surface area contributed by atoms with Crippen molar-refractivity contribution in [1.82, 2.24) is 9.55 Å². The highest BCUT2D eigenvalue weighted by atomic mass is 19.1. The maximum absolute atomic E-state index is 13.8. The van der Waals surface area contributed by atoms with E-state index in [2.05, 4.69) is 10.3 Å². The number of para-hydroxylation sites is 1. The smallest absolute Gasteiger partial charge is 0.212 e. The maximum Gasteiger partial charge on any atom is 0.212 e. The van der Waals surface area contributed by atoms with E-state index in [1.54, 1.807) is 6.20 Å². The molecule has 0 fully saturated rings. The SMILES string of the molecule is Fc1ccc(F)c(-n2ccnc2Nc2ccccc2)c1. The Hall–Kier alpha value is -2.69. The summed E-state index contributed by atoms with van der Waals surface area (Å²) in [6, 6.07) is 12.7. The van der Waals surface area contributed by atoms with Gasteiger partial charge in [-0.3, -0.25) is 4.57 Å². The Kier molecular flexibility index (Phi) is 3.16. The van der Waals surface area contributed by atoms with Crippen LogP contribution in [-0.4, -0.2) is 9.55 Å². The average molecular weight is 271 g/mol. The van der Waals surface area contributed by atoms with Crippen molar-refractivity contribution in [1.29, 1.82) is 0 Å². The van der Waals surface area contributed by atoms with Gasteiger partial charge in [-0.25, -0.2) is 13.8 Å². The number of nitrogens with one attached hydrogen (secondary N) is 1. The van der Waals surface area contributed by atoms with E-state index < -0.39 is 11.6 Å². The van der Waals surface area contributed by atoms with E-state index in [9.17, 15) is 8.78 Å². The zero-order chi connectivity index (χ0) is 13.9. The van der Waals surface area contributed by atoms with Gasteiger partial charge in [0.05, 0.1) is 5.69 Å². The first-order valence-electron chi connectivity index (χ1n) is 6.05. The molecule has 0 amide bonds. The summed E-state index contributed by atoms with van der Waals surface area (Å²) in [5.74, 6) is -0.595. The second-order valence-corrected chi connectivity index (χ2v) is 4.21. The first kappa shape index (κ1) is 12.3. The fraction of sp³-hybridized carbons (Fsp3) is 0. The molecule has 0 atom stereocenters. The van der Waals surface area contributed by atoms with Crippen LogP contribution in [0.25, 0.3) is 5.69 Å². The van der Waals surface area contributed by atoms with Gasteiger partial charge in [-0.2, -0.15) is 0 Å². The van der Waals surface area contributed by atoms with Crippen LogP contribution in [0.1, 0.15) is 0 Å². The van der Waals surface area contributed by atoms with Gasteiger partial charge < -0.3 is 5.32 Å². The molecule has 0 aliphatic heterocycles. The van der Waals surface area contributed by atoms with Crippen molar-refractivity contribution >= 4 is 11.6 Å². The van der Waals surface area contributed by atoms with Crippen molar-refractivity contribution in [3.05, 3.63) is 72.6 Å². The Labute approximate surface area is 114 Å². The topological polar surface area (TPSA) is 29.9 Å². The van der Waals surface area contributed by atoms with Crippen LogP contribution in [0, 0.1) is 11.6 Å². The molecule has 0 unspecified atom stereocenters. The summed E-state index contributed by atoms with van der Waals surface area (Å²) >= 11 is 0. The van der Waals surface area contributed by atoms with Gasteiger partial charge >= 0.3 is 0 Å². The van der Waals surface area contributed by atoms with E-state index in [1.165, 1.54) is 10.8 Å². The molecule has 20 heavy (non-hydrogen) atoms. The lowest BCUT2D eigenvalue weighted by Gasteiger charge is -2.10. The number of hydrogen-bond donors (Lipinski definition) is 1. The van der Waals surface area contributed by atoms with Gasteiger partial charge in [0.15, 0.2) is 0 Å². The highest BCUT2D eigenvalue weighted by Crippen LogP contribution is 2.21. The van der Waals surface area contributed by atoms with Gasteiger partial charge in [0, 0.05) is 24.1 Å². The predicted octanol–water partition coefficient (Wildman–Crippen LogP) is 3.89. The van der Waals surface area contributed by atoms with Crippen LogP contribution in [0.15, 0.2) is 60.9 Å². The second-order valence-electron chi connectivity index (χ2n) is 4.21. The van der Waals surface area contributed by atoms with E-state index in [4.69, 9.17) is 0 Å². The molecule has 0 saturated heterocycles. The van der Waals surface area contributed by atoms with Crippen LogP contribution < -0.4 is 5.32 Å². The van der Waals surface area contributed by atoms with E-state index in [0.29, 0.717) is 5.95 Å². The van der Waals surface area contributed by atoms with E-state index >= 15 is 0 Å². The fourth-order valence-corrected chi connectivity index (χ4v) is 1.91. The molecule has 0 spiro atoms. The lowest BCUT2D eigenvalue weighted by molar-refractivity contribution is 0.593. The van der Waals surface area contributed by atoms with Crippen molar-refractivity contribution in [3.8, 4) is 5.69 Å². The molecule has 100 valence electrons. The molecule has 0 aliphatic carbocycles. The summed E-state index contributed by atoms with van der Waals surface area (Å²) in [6.07, 6.45) is 3.10. The molecule has 0 saturated carbocycles. The first-order valence-corrected chi connectivity index (χ1v) is 6.05. The van der Waals surface area contributed by atoms with E-state index in [1.807, 2.05) is 30.3 Å². The molecule has 1 N–H and O–H groups in total. The predicted molar refractivity (Wildman–Crippen MR) is 73.2 cm³/mol. The lowest BCUT2D eigenvalue weighted by Crippen LogP contribution is -2.03. The van der Waals surface area contributed by atoms with Crippen LogP contribution >= 0.6 is 0 Å². The molecular weight excluding hydrogens is 260 g/mol. The monoisotopic (exact) mass is 271 g/mol. The molecule has 3 rings (SSSR count). The Bertz CT molecular complexity index is 723. The van der Waals surface area contributed by atoms with Crippen molar-refractivity contribution in [2.24, 2.45) is 0 Å². The summed E-state index contributed by atoms with van der Waals surface area (Å²) in [5.41, 5.74) is 0.928. The largest absolute Gasteiger partial charge is 0.325 e. The first-order chi connectivity index (χ1) is 9.74. The third-order valence-corrected chi connectivity index (χ3v) is 2.84. The van der Waals surface area contributed by atoms with Crippen molar-refractivity contribution in [3.63, 3.8) is 0 Å². The number of hydrogen-bond acceptors (Lipinski definition) is 2. The molecule has 0 bridgehead atoms. The minimum absolute atomic E-state index is 0.112. The van der Waals surface area contributed by atoms with Crippen molar-refractivity contribution in [2.75, 3.05) is 5.32 Å². The molecule has 5 heteroatoms. The van der Waals surface area contributed by atoms with Crippen LogP contribution in [-0.2, 0) is 0 Å². The maximum atomic E-state index is 13.8. The Balaban J connectivity index is 2.00. The number of halogens is 2. The van der Waals surface area contributed by atoms with Gasteiger partial charge in [-0.1, -0.05) is 18.2 Å². The zero-order valence-corrected chi connectivity index (χ0v) is 10.4. The standard InChI is InChI=1S/C15H11F2N3/c16-11-6-7-13(17)14(10-11)20-9-8-18-15(20)19-12-4-2-1-3-5-12/h1-10H,(H,18,19). The third-order valence-electron chi connectivity index (χ3n) is 2.84. The quantitative estimate of drug-likeness (QED) is 0.783. The van der Waals surface area contributed by atoms with Crippen molar-refractivity contribution < 1.29 is 8.78 Å². The van der Waals surface area contributed by atoms with Gasteiger partial charge in [0.25, 0.3) is 0 Å². The number of benzene rings is 2. The van der Waals surface area contributed by atoms with Gasteiger partial charge in [-0.15, -0.1) is 0 Å². The van der Waals surface area contributed by atoms with Crippen LogP contribution in [0.5, 0.6) is 0 Å². The number of rotatable bonds is 3. The summed E-state index contributed by atoms with van der Waals surface area (Å²) in [6.45, 7) is 0. The summed E-state index contributed by atoms with van der Waals surface area (Å²) in [7, 11) is 0. The minimum atomic E-state index is -0.513. The van der Waals surface area contributed by atoms with E-state index in [0.717, 1.165) is 23.9 Å². The summed E-state index contributed by atoms with van der Waals surface area (Å²) in [4.78, 5) is 4.12. The molecule has 0 radical (unpaired) electrons. The summed E-state index contributed by atoms with van der Waals surface area (Å²) in [5, 5.41) is 3.06. The fourth-order valence-electron chi connectivity index (χ4n) is 1.91. The van der Waals surface area contributed by atoms with Gasteiger partial charge in [0.1, 0.15) is 11.6 Å². The highest BCUT2D eigenvalue weighted by Gasteiger charge is 2.10. The van der Waals surface area contributed by atoms with Gasteiger partial charge in [0.2, 0.25) is 5.95 Å². The molecule has 3 nitrogen and oxygen atoms in total. The Morgan fingerprint density at radius 3 is 2.60 bits per heavy atom. The second kappa shape index (κ2) is 5.13. The molecule has 0 aliphatic rings.